The van der Waals surface area contributed by atoms with Gasteiger partial charge in [-0.25, -0.2) is 0 Å². The van der Waals surface area contributed by atoms with Crippen molar-refractivity contribution in [3.05, 3.63) is 23.8 Å². The summed E-state index contributed by atoms with van der Waals surface area (Å²) in [5.74, 6) is 0.562. The Hall–Kier alpha value is -2.06. The lowest BCUT2D eigenvalue weighted by atomic mass is 10.1. The third kappa shape index (κ3) is 2.79. The van der Waals surface area contributed by atoms with E-state index in [1.54, 1.807) is 0 Å². The average molecular weight is 245 g/mol. The van der Waals surface area contributed by atoms with Gasteiger partial charge in [0.15, 0.2) is 6.61 Å². The minimum absolute atomic E-state index is 0.0717. The first kappa shape index (κ1) is 12.4. The van der Waals surface area contributed by atoms with Crippen LogP contribution in [0.15, 0.2) is 18.2 Å². The molecule has 0 fully saturated rings. The number of nitriles is 1. The Morgan fingerprint density at radius 2 is 2.44 bits per heavy atom. The second-order valence-corrected chi connectivity index (χ2v) is 4.18. The highest BCUT2D eigenvalue weighted by molar-refractivity contribution is 5.95. The molecule has 1 aromatic rings. The quantitative estimate of drug-likeness (QED) is 0.790. The van der Waals surface area contributed by atoms with E-state index in [0.29, 0.717) is 24.4 Å². The van der Waals surface area contributed by atoms with Gasteiger partial charge in [-0.05, 0) is 24.6 Å². The van der Waals surface area contributed by atoms with Crippen LogP contribution in [0.5, 0.6) is 5.75 Å². The molecule has 0 bridgehead atoms. The van der Waals surface area contributed by atoms with Crippen molar-refractivity contribution in [2.45, 2.75) is 19.4 Å². The second-order valence-electron chi connectivity index (χ2n) is 4.18. The van der Waals surface area contributed by atoms with E-state index in [0.717, 1.165) is 5.56 Å². The fraction of sp³-hybridized carbons (Fsp3) is 0.385. The summed E-state index contributed by atoms with van der Waals surface area (Å²) in [4.78, 5) is 11.2. The molecule has 1 aromatic carbocycles. The number of nitrogens with one attached hydrogen (secondary N) is 2. The fourth-order valence-electron chi connectivity index (χ4n) is 1.83. The molecule has 1 heterocycles. The van der Waals surface area contributed by atoms with Crippen molar-refractivity contribution in [3.63, 3.8) is 0 Å². The molecule has 0 saturated carbocycles. The SMILES string of the molecule is CC(NCCC#N)c1ccc2c(c1)NC(=O)CO2. The summed E-state index contributed by atoms with van der Waals surface area (Å²) in [6.45, 7) is 2.74. The van der Waals surface area contributed by atoms with Gasteiger partial charge in [0.2, 0.25) is 0 Å². The van der Waals surface area contributed by atoms with Crippen LogP contribution in [-0.4, -0.2) is 19.1 Å². The number of amides is 1. The summed E-state index contributed by atoms with van der Waals surface area (Å²) >= 11 is 0. The van der Waals surface area contributed by atoms with Gasteiger partial charge in [0, 0.05) is 19.0 Å². The molecule has 2 rings (SSSR count). The normalized spacial score (nSPS) is 15.0. The Bertz CT molecular complexity index is 493. The average Bonchev–Trinajstić information content (AvgIpc) is 2.38. The Morgan fingerprint density at radius 3 is 3.22 bits per heavy atom. The standard InChI is InChI=1S/C13H15N3O2/c1-9(15-6-2-5-14)10-3-4-12-11(7-10)16-13(17)8-18-12/h3-4,7,9,15H,2,6,8H2,1H3,(H,16,17). The van der Waals surface area contributed by atoms with Gasteiger partial charge in [-0.15, -0.1) is 0 Å². The maximum atomic E-state index is 11.2. The fourth-order valence-corrected chi connectivity index (χ4v) is 1.83. The van der Waals surface area contributed by atoms with E-state index in [-0.39, 0.29) is 18.6 Å². The number of anilines is 1. The van der Waals surface area contributed by atoms with E-state index in [4.69, 9.17) is 10.00 Å². The van der Waals surface area contributed by atoms with Crippen LogP contribution in [0, 0.1) is 11.3 Å². The van der Waals surface area contributed by atoms with Gasteiger partial charge in [-0.3, -0.25) is 4.79 Å². The summed E-state index contributed by atoms with van der Waals surface area (Å²) < 4.78 is 5.29. The van der Waals surface area contributed by atoms with E-state index in [9.17, 15) is 4.79 Å². The van der Waals surface area contributed by atoms with Crippen molar-refractivity contribution in [1.82, 2.24) is 5.32 Å². The number of nitrogens with zero attached hydrogens (tertiary/aromatic N) is 1. The lowest BCUT2D eigenvalue weighted by Gasteiger charge is -2.20. The molecule has 0 aliphatic carbocycles. The van der Waals surface area contributed by atoms with Gasteiger partial charge in [-0.1, -0.05) is 6.07 Å². The third-order valence-corrected chi connectivity index (χ3v) is 2.82. The molecule has 1 atom stereocenters. The Kier molecular flexibility index (Phi) is 3.80. The summed E-state index contributed by atoms with van der Waals surface area (Å²) in [5, 5.41) is 14.5. The number of carbonyl (C=O) groups excluding carboxylic acids is 1. The Labute approximate surface area is 106 Å². The monoisotopic (exact) mass is 245 g/mol. The highest BCUT2D eigenvalue weighted by atomic mass is 16.5. The first-order chi connectivity index (χ1) is 8.70. The number of fused-ring (bicyclic) bond motifs is 1. The molecule has 5 heteroatoms. The van der Waals surface area contributed by atoms with Crippen LogP contribution in [0.4, 0.5) is 5.69 Å². The van der Waals surface area contributed by atoms with Gasteiger partial charge in [0.05, 0.1) is 11.8 Å². The molecule has 94 valence electrons. The van der Waals surface area contributed by atoms with Crippen LogP contribution in [-0.2, 0) is 4.79 Å². The van der Waals surface area contributed by atoms with Crippen LogP contribution < -0.4 is 15.4 Å². The minimum Gasteiger partial charge on any atom is -0.482 e. The van der Waals surface area contributed by atoms with Crippen molar-refractivity contribution in [2.24, 2.45) is 0 Å². The van der Waals surface area contributed by atoms with Gasteiger partial charge >= 0.3 is 0 Å². The van der Waals surface area contributed by atoms with Crippen molar-refractivity contribution >= 4 is 11.6 Å². The smallest absolute Gasteiger partial charge is 0.262 e. The maximum Gasteiger partial charge on any atom is 0.262 e. The van der Waals surface area contributed by atoms with Crippen LogP contribution in [0.25, 0.3) is 0 Å². The molecule has 0 aromatic heterocycles. The number of benzene rings is 1. The number of ether oxygens (including phenoxy) is 1. The lowest BCUT2D eigenvalue weighted by molar-refractivity contribution is -0.118. The first-order valence-corrected chi connectivity index (χ1v) is 5.87. The second kappa shape index (κ2) is 5.52. The molecule has 18 heavy (non-hydrogen) atoms. The van der Waals surface area contributed by atoms with Gasteiger partial charge in [0.25, 0.3) is 5.91 Å². The van der Waals surface area contributed by atoms with E-state index >= 15 is 0 Å². The molecule has 5 nitrogen and oxygen atoms in total. The maximum absolute atomic E-state index is 11.2. The molecule has 2 N–H and O–H groups in total. The van der Waals surface area contributed by atoms with Crippen LogP contribution in [0.2, 0.25) is 0 Å². The van der Waals surface area contributed by atoms with Crippen LogP contribution >= 0.6 is 0 Å². The number of carbonyl (C=O) groups is 1. The topological polar surface area (TPSA) is 74.2 Å². The highest BCUT2D eigenvalue weighted by Crippen LogP contribution is 2.30. The zero-order valence-electron chi connectivity index (χ0n) is 10.2. The molecular formula is C13H15N3O2. The summed E-state index contributed by atoms with van der Waals surface area (Å²) in [6.07, 6.45) is 0.481. The Morgan fingerprint density at radius 1 is 1.61 bits per heavy atom. The van der Waals surface area contributed by atoms with Crippen molar-refractivity contribution < 1.29 is 9.53 Å². The predicted octanol–water partition coefficient (Wildman–Crippen LogP) is 1.58. The highest BCUT2D eigenvalue weighted by Gasteiger charge is 2.17. The first-order valence-electron chi connectivity index (χ1n) is 5.87. The van der Waals surface area contributed by atoms with Crippen molar-refractivity contribution in [3.8, 4) is 11.8 Å². The third-order valence-electron chi connectivity index (χ3n) is 2.82. The number of hydrogen-bond donors (Lipinski definition) is 2. The predicted molar refractivity (Wildman–Crippen MR) is 67.2 cm³/mol. The van der Waals surface area contributed by atoms with E-state index < -0.39 is 0 Å². The van der Waals surface area contributed by atoms with Crippen molar-refractivity contribution in [2.75, 3.05) is 18.5 Å². The largest absolute Gasteiger partial charge is 0.482 e. The lowest BCUT2D eigenvalue weighted by Crippen LogP contribution is -2.26. The van der Waals surface area contributed by atoms with E-state index in [1.165, 1.54) is 0 Å². The zero-order valence-corrected chi connectivity index (χ0v) is 10.2. The molecule has 0 spiro atoms. The molecule has 1 aliphatic heterocycles. The molecule has 1 aliphatic rings. The Balaban J connectivity index is 2.08. The van der Waals surface area contributed by atoms with Crippen molar-refractivity contribution in [1.29, 1.82) is 5.26 Å². The molecular weight excluding hydrogens is 230 g/mol. The van der Waals surface area contributed by atoms with Gasteiger partial charge in [-0.2, -0.15) is 5.26 Å². The summed E-state index contributed by atoms with van der Waals surface area (Å²) in [7, 11) is 0. The van der Waals surface area contributed by atoms with E-state index in [2.05, 4.69) is 16.7 Å². The zero-order chi connectivity index (χ0) is 13.0. The number of rotatable bonds is 4. The minimum atomic E-state index is -0.134. The molecule has 1 amide bonds. The molecule has 0 saturated heterocycles. The van der Waals surface area contributed by atoms with E-state index in [1.807, 2.05) is 25.1 Å². The number of hydrogen-bond acceptors (Lipinski definition) is 4. The molecule has 1 unspecified atom stereocenters. The molecule has 0 radical (unpaired) electrons. The van der Waals surface area contributed by atoms with Crippen LogP contribution in [0.3, 0.4) is 0 Å². The van der Waals surface area contributed by atoms with Crippen LogP contribution in [0.1, 0.15) is 24.9 Å². The summed E-state index contributed by atoms with van der Waals surface area (Å²) in [6, 6.07) is 7.93. The van der Waals surface area contributed by atoms with Gasteiger partial charge in [0.1, 0.15) is 5.75 Å². The summed E-state index contributed by atoms with van der Waals surface area (Å²) in [5.41, 5.74) is 1.76. The van der Waals surface area contributed by atoms with Gasteiger partial charge < -0.3 is 15.4 Å².